The second-order valence-corrected chi connectivity index (χ2v) is 7.97. The summed E-state index contributed by atoms with van der Waals surface area (Å²) >= 11 is 6.23. The number of H-pyrrole nitrogens is 1. The summed E-state index contributed by atoms with van der Waals surface area (Å²) in [6.45, 7) is 3.92. The van der Waals surface area contributed by atoms with E-state index < -0.39 is 0 Å². The molecule has 1 N–H and O–H groups in total. The molecule has 0 atom stereocenters. The van der Waals surface area contributed by atoms with Crippen molar-refractivity contribution in [3.05, 3.63) is 101 Å². The van der Waals surface area contributed by atoms with Crippen molar-refractivity contribution in [3.63, 3.8) is 0 Å². The van der Waals surface area contributed by atoms with Gasteiger partial charge in [-0.25, -0.2) is 0 Å². The van der Waals surface area contributed by atoms with E-state index in [9.17, 15) is 0 Å². The summed E-state index contributed by atoms with van der Waals surface area (Å²) in [6, 6.07) is 27.9. The predicted octanol–water partition coefficient (Wildman–Crippen LogP) is 5.53. The van der Waals surface area contributed by atoms with Crippen LogP contribution in [0.4, 0.5) is 5.69 Å². The molecule has 4 aromatic rings. The fraction of sp³-hybridized carbons (Fsp3) is 0.200. The number of piperazine rings is 1. The van der Waals surface area contributed by atoms with Crippen LogP contribution in [-0.4, -0.2) is 36.1 Å². The van der Waals surface area contributed by atoms with Crippen LogP contribution in [0.15, 0.2) is 78.9 Å². The number of hydrogen-bond donors (Lipinski definition) is 1. The fourth-order valence-electron chi connectivity index (χ4n) is 4.35. The Bertz CT molecular complexity index is 1040. The molecule has 0 bridgehead atoms. The Morgan fingerprint density at radius 3 is 2.03 bits per heavy atom. The number of nitrogens with zero attached hydrogens (tertiary/aromatic N) is 2. The number of fused-ring (bicyclic) bond motifs is 1. The molecule has 1 aliphatic heterocycles. The van der Waals surface area contributed by atoms with Gasteiger partial charge in [0.25, 0.3) is 0 Å². The zero-order valence-corrected chi connectivity index (χ0v) is 16.9. The summed E-state index contributed by atoms with van der Waals surface area (Å²) in [7, 11) is 0. The third kappa shape index (κ3) is 3.64. The normalized spacial score (nSPS) is 15.3. The lowest BCUT2D eigenvalue weighted by Gasteiger charge is -2.40. The minimum absolute atomic E-state index is 0.279. The van der Waals surface area contributed by atoms with Gasteiger partial charge in [0.05, 0.1) is 17.9 Å². The first-order chi connectivity index (χ1) is 14.3. The van der Waals surface area contributed by atoms with Gasteiger partial charge >= 0.3 is 0 Å². The number of hydrogen-bond acceptors (Lipinski definition) is 2. The molecule has 0 unspecified atom stereocenters. The third-order valence-corrected chi connectivity index (χ3v) is 6.01. The van der Waals surface area contributed by atoms with Crippen molar-refractivity contribution in [2.75, 3.05) is 31.1 Å². The molecule has 5 rings (SSSR count). The number of nitrogens with one attached hydrogen (secondary N) is 1. The molecular weight excluding hydrogens is 378 g/mol. The van der Waals surface area contributed by atoms with E-state index in [1.807, 2.05) is 18.2 Å². The lowest BCUT2D eigenvalue weighted by atomic mass is 9.96. The smallest absolute Gasteiger partial charge is 0.0890 e. The molecule has 1 aromatic heterocycles. The van der Waals surface area contributed by atoms with Crippen molar-refractivity contribution in [1.82, 2.24) is 9.88 Å². The zero-order chi connectivity index (χ0) is 19.6. The van der Waals surface area contributed by atoms with Crippen molar-refractivity contribution in [2.24, 2.45) is 0 Å². The first kappa shape index (κ1) is 18.3. The van der Waals surface area contributed by atoms with Crippen LogP contribution in [0.1, 0.15) is 17.2 Å². The Morgan fingerprint density at radius 2 is 1.41 bits per heavy atom. The Labute approximate surface area is 176 Å². The van der Waals surface area contributed by atoms with Gasteiger partial charge in [0.2, 0.25) is 0 Å². The third-order valence-electron chi connectivity index (χ3n) is 5.78. The van der Waals surface area contributed by atoms with Gasteiger partial charge in [-0.2, -0.15) is 0 Å². The summed E-state index contributed by atoms with van der Waals surface area (Å²) in [6.07, 6.45) is 3.34. The maximum Gasteiger partial charge on any atom is 0.0890 e. The van der Waals surface area contributed by atoms with Crippen LogP contribution in [0.25, 0.3) is 10.9 Å². The number of halogens is 1. The first-order valence-electron chi connectivity index (χ1n) is 10.1. The van der Waals surface area contributed by atoms with E-state index in [1.54, 1.807) is 0 Å². The predicted molar refractivity (Wildman–Crippen MR) is 121 cm³/mol. The molecule has 0 aliphatic carbocycles. The van der Waals surface area contributed by atoms with Crippen LogP contribution < -0.4 is 4.90 Å². The molecule has 29 heavy (non-hydrogen) atoms. The average Bonchev–Trinajstić information content (AvgIpc) is 3.19. The minimum atomic E-state index is 0.279. The van der Waals surface area contributed by atoms with Crippen molar-refractivity contribution < 1.29 is 0 Å². The van der Waals surface area contributed by atoms with Crippen molar-refractivity contribution >= 4 is 28.2 Å². The SMILES string of the molecule is Clc1ccc2[nH][c]c(N3CCN(C(c4ccccc4)c4ccccc4)CC3)c2c1. The summed E-state index contributed by atoms with van der Waals surface area (Å²) in [5.74, 6) is 0. The van der Waals surface area contributed by atoms with Crippen LogP contribution >= 0.6 is 11.6 Å². The molecule has 0 spiro atoms. The van der Waals surface area contributed by atoms with Crippen molar-refractivity contribution in [2.45, 2.75) is 6.04 Å². The van der Waals surface area contributed by atoms with Gasteiger partial charge in [-0.15, -0.1) is 0 Å². The van der Waals surface area contributed by atoms with Gasteiger partial charge < -0.3 is 9.88 Å². The maximum atomic E-state index is 6.23. The van der Waals surface area contributed by atoms with Gasteiger partial charge in [-0.05, 0) is 29.3 Å². The topological polar surface area (TPSA) is 22.3 Å². The average molecular weight is 401 g/mol. The second-order valence-electron chi connectivity index (χ2n) is 7.54. The zero-order valence-electron chi connectivity index (χ0n) is 16.2. The molecule has 1 saturated heterocycles. The fourth-order valence-corrected chi connectivity index (χ4v) is 4.53. The second kappa shape index (κ2) is 7.94. The molecule has 0 saturated carbocycles. The first-order valence-corrected chi connectivity index (χ1v) is 10.5. The van der Waals surface area contributed by atoms with Gasteiger partial charge in [0.1, 0.15) is 0 Å². The van der Waals surface area contributed by atoms with Crippen molar-refractivity contribution in [3.8, 4) is 0 Å². The monoisotopic (exact) mass is 400 g/mol. The van der Waals surface area contributed by atoms with E-state index in [-0.39, 0.29) is 6.04 Å². The highest BCUT2D eigenvalue weighted by Gasteiger charge is 2.27. The molecule has 2 heterocycles. The van der Waals surface area contributed by atoms with E-state index in [0.717, 1.165) is 47.8 Å². The minimum Gasteiger partial charge on any atom is -0.367 e. The number of benzene rings is 3. The van der Waals surface area contributed by atoms with Crippen molar-refractivity contribution in [1.29, 1.82) is 0 Å². The van der Waals surface area contributed by atoms with Crippen LogP contribution in [0.2, 0.25) is 5.02 Å². The molecule has 1 radical (unpaired) electrons. The van der Waals surface area contributed by atoms with E-state index in [1.165, 1.54) is 11.1 Å². The molecular formula is C25H23ClN3. The molecule has 1 aliphatic rings. The van der Waals surface area contributed by atoms with E-state index >= 15 is 0 Å². The Balaban J connectivity index is 1.40. The van der Waals surface area contributed by atoms with Gasteiger partial charge in [0, 0.05) is 42.1 Å². The Hall–Kier alpha value is -2.75. The van der Waals surface area contributed by atoms with Gasteiger partial charge in [-0.1, -0.05) is 72.3 Å². The maximum absolute atomic E-state index is 6.23. The summed E-state index contributed by atoms with van der Waals surface area (Å²) < 4.78 is 0. The highest BCUT2D eigenvalue weighted by atomic mass is 35.5. The molecule has 1 fully saturated rings. The molecule has 3 aromatic carbocycles. The molecule has 4 heteroatoms. The number of rotatable bonds is 4. The Kier molecular flexibility index (Phi) is 5.01. The van der Waals surface area contributed by atoms with E-state index in [4.69, 9.17) is 11.6 Å². The van der Waals surface area contributed by atoms with Crippen LogP contribution in [-0.2, 0) is 0 Å². The summed E-state index contributed by atoms with van der Waals surface area (Å²) in [5.41, 5.74) is 4.89. The van der Waals surface area contributed by atoms with Crippen LogP contribution in [0, 0.1) is 6.20 Å². The number of anilines is 1. The highest BCUT2D eigenvalue weighted by molar-refractivity contribution is 6.31. The van der Waals surface area contributed by atoms with E-state index in [2.05, 4.69) is 81.6 Å². The highest BCUT2D eigenvalue weighted by Crippen LogP contribution is 2.33. The largest absolute Gasteiger partial charge is 0.367 e. The number of aromatic amines is 1. The number of aromatic nitrogens is 1. The lowest BCUT2D eigenvalue weighted by Crippen LogP contribution is -2.48. The van der Waals surface area contributed by atoms with Crippen LogP contribution in [0.3, 0.4) is 0 Å². The van der Waals surface area contributed by atoms with Gasteiger partial charge in [0.15, 0.2) is 0 Å². The Morgan fingerprint density at radius 1 is 0.793 bits per heavy atom. The quantitative estimate of drug-likeness (QED) is 0.486. The lowest BCUT2D eigenvalue weighted by molar-refractivity contribution is 0.212. The molecule has 3 nitrogen and oxygen atoms in total. The van der Waals surface area contributed by atoms with Crippen LogP contribution in [0.5, 0.6) is 0 Å². The van der Waals surface area contributed by atoms with Gasteiger partial charge in [-0.3, -0.25) is 4.90 Å². The summed E-state index contributed by atoms with van der Waals surface area (Å²) in [5, 5.41) is 1.91. The summed E-state index contributed by atoms with van der Waals surface area (Å²) in [4.78, 5) is 8.26. The standard InChI is InChI=1S/C25H23ClN3/c26-21-11-12-23-22(17-21)24(18-27-23)28-13-15-29(16-14-28)25(19-7-3-1-4-8-19)20-9-5-2-6-10-20/h1-12,17,25,27H,13-16H2. The molecule has 0 amide bonds. The van der Waals surface area contributed by atoms with E-state index in [0.29, 0.717) is 0 Å². The molecule has 145 valence electrons.